The van der Waals surface area contributed by atoms with Crippen LogP contribution in [0.5, 0.6) is 5.75 Å². The van der Waals surface area contributed by atoms with Crippen LogP contribution < -0.4 is 10.1 Å². The molecule has 3 aromatic rings. The summed E-state index contributed by atoms with van der Waals surface area (Å²) in [5.41, 5.74) is 2.39. The number of ether oxygens (including phenoxy) is 1. The first-order chi connectivity index (χ1) is 12.2. The highest BCUT2D eigenvalue weighted by Gasteiger charge is 2.09. The SMILES string of the molecule is CCn1nnnc1COc1ccc(C(=O)Nc2ccccc2C)cc1. The predicted octanol–water partition coefficient (Wildman–Crippen LogP) is 2.83. The molecule has 1 amide bonds. The highest BCUT2D eigenvalue weighted by atomic mass is 16.5. The van der Waals surface area contributed by atoms with Crippen molar-refractivity contribution < 1.29 is 9.53 Å². The summed E-state index contributed by atoms with van der Waals surface area (Å²) in [4.78, 5) is 12.3. The van der Waals surface area contributed by atoms with Crippen molar-refractivity contribution in [2.24, 2.45) is 0 Å². The van der Waals surface area contributed by atoms with Gasteiger partial charge in [0, 0.05) is 17.8 Å². The van der Waals surface area contributed by atoms with Crippen molar-refractivity contribution in [3.63, 3.8) is 0 Å². The molecule has 0 bridgehead atoms. The van der Waals surface area contributed by atoms with E-state index in [1.165, 1.54) is 0 Å². The maximum atomic E-state index is 12.3. The molecule has 0 saturated heterocycles. The van der Waals surface area contributed by atoms with Gasteiger partial charge in [-0.15, -0.1) is 5.10 Å². The molecule has 0 aliphatic carbocycles. The molecule has 0 unspecified atom stereocenters. The van der Waals surface area contributed by atoms with Crippen LogP contribution in [0.25, 0.3) is 0 Å². The van der Waals surface area contributed by atoms with Gasteiger partial charge >= 0.3 is 0 Å². The van der Waals surface area contributed by atoms with E-state index < -0.39 is 0 Å². The Labute approximate surface area is 145 Å². The highest BCUT2D eigenvalue weighted by Crippen LogP contribution is 2.17. The largest absolute Gasteiger partial charge is 0.486 e. The van der Waals surface area contributed by atoms with Gasteiger partial charge in [0.2, 0.25) is 0 Å². The average molecular weight is 337 g/mol. The van der Waals surface area contributed by atoms with Crippen LogP contribution >= 0.6 is 0 Å². The monoisotopic (exact) mass is 337 g/mol. The van der Waals surface area contributed by atoms with Crippen LogP contribution in [-0.4, -0.2) is 26.1 Å². The maximum absolute atomic E-state index is 12.3. The van der Waals surface area contributed by atoms with E-state index in [4.69, 9.17) is 4.74 Å². The Morgan fingerprint density at radius 3 is 2.64 bits per heavy atom. The third kappa shape index (κ3) is 4.00. The summed E-state index contributed by atoms with van der Waals surface area (Å²) < 4.78 is 7.34. The first-order valence-electron chi connectivity index (χ1n) is 8.02. The number of rotatable bonds is 6. The van der Waals surface area contributed by atoms with Crippen molar-refractivity contribution in [3.8, 4) is 5.75 Å². The van der Waals surface area contributed by atoms with Crippen molar-refractivity contribution in [2.75, 3.05) is 5.32 Å². The highest BCUT2D eigenvalue weighted by molar-refractivity contribution is 6.04. The summed E-state index contributed by atoms with van der Waals surface area (Å²) in [5, 5.41) is 14.3. The molecule has 128 valence electrons. The zero-order chi connectivity index (χ0) is 17.6. The van der Waals surface area contributed by atoms with Crippen LogP contribution in [0, 0.1) is 6.92 Å². The minimum absolute atomic E-state index is 0.157. The molecule has 25 heavy (non-hydrogen) atoms. The molecular weight excluding hydrogens is 318 g/mol. The fourth-order valence-corrected chi connectivity index (χ4v) is 2.33. The number of anilines is 1. The van der Waals surface area contributed by atoms with Gasteiger partial charge in [0.25, 0.3) is 5.91 Å². The van der Waals surface area contributed by atoms with E-state index in [0.29, 0.717) is 23.7 Å². The second kappa shape index (κ2) is 7.57. The van der Waals surface area contributed by atoms with Gasteiger partial charge < -0.3 is 10.1 Å². The lowest BCUT2D eigenvalue weighted by Crippen LogP contribution is -2.12. The normalized spacial score (nSPS) is 10.5. The number of benzene rings is 2. The van der Waals surface area contributed by atoms with Crippen LogP contribution in [0.15, 0.2) is 48.5 Å². The first-order valence-corrected chi connectivity index (χ1v) is 8.02. The van der Waals surface area contributed by atoms with Crippen molar-refractivity contribution in [3.05, 3.63) is 65.5 Å². The Kier molecular flexibility index (Phi) is 5.03. The zero-order valence-electron chi connectivity index (χ0n) is 14.1. The maximum Gasteiger partial charge on any atom is 0.255 e. The molecule has 0 fully saturated rings. The minimum atomic E-state index is -0.157. The Bertz CT molecular complexity index is 858. The molecule has 1 heterocycles. The third-order valence-electron chi connectivity index (χ3n) is 3.78. The number of hydrogen-bond acceptors (Lipinski definition) is 5. The minimum Gasteiger partial charge on any atom is -0.486 e. The summed E-state index contributed by atoms with van der Waals surface area (Å²) in [7, 11) is 0. The lowest BCUT2D eigenvalue weighted by molar-refractivity contribution is 0.102. The topological polar surface area (TPSA) is 81.9 Å². The summed E-state index contributed by atoms with van der Waals surface area (Å²) in [6, 6.07) is 14.6. The molecule has 0 spiro atoms. The molecule has 0 saturated carbocycles. The molecule has 2 aromatic carbocycles. The number of nitrogens with one attached hydrogen (secondary N) is 1. The molecule has 0 atom stereocenters. The molecule has 0 radical (unpaired) electrons. The summed E-state index contributed by atoms with van der Waals surface area (Å²) >= 11 is 0. The zero-order valence-corrected chi connectivity index (χ0v) is 14.1. The van der Waals surface area contributed by atoms with Gasteiger partial charge in [-0.25, -0.2) is 4.68 Å². The number of carbonyl (C=O) groups excluding carboxylic acids is 1. The molecule has 3 rings (SSSR count). The number of aryl methyl sites for hydroxylation is 2. The average Bonchev–Trinajstić information content (AvgIpc) is 3.10. The van der Waals surface area contributed by atoms with Crippen LogP contribution in [0.4, 0.5) is 5.69 Å². The van der Waals surface area contributed by atoms with E-state index >= 15 is 0 Å². The lowest BCUT2D eigenvalue weighted by Gasteiger charge is -2.09. The summed E-state index contributed by atoms with van der Waals surface area (Å²) in [6.07, 6.45) is 0. The Morgan fingerprint density at radius 2 is 1.92 bits per heavy atom. The predicted molar refractivity (Wildman–Crippen MR) is 93.4 cm³/mol. The van der Waals surface area contributed by atoms with E-state index in [2.05, 4.69) is 20.8 Å². The van der Waals surface area contributed by atoms with Crippen LogP contribution in [0.1, 0.15) is 28.7 Å². The van der Waals surface area contributed by atoms with Gasteiger partial charge in [-0.3, -0.25) is 4.79 Å². The molecule has 7 nitrogen and oxygen atoms in total. The summed E-state index contributed by atoms with van der Waals surface area (Å²) in [6.45, 7) is 4.87. The quantitative estimate of drug-likeness (QED) is 0.748. The van der Waals surface area contributed by atoms with E-state index in [1.807, 2.05) is 38.1 Å². The van der Waals surface area contributed by atoms with Crippen molar-refractivity contribution in [2.45, 2.75) is 27.0 Å². The van der Waals surface area contributed by atoms with Crippen LogP contribution in [0.2, 0.25) is 0 Å². The molecule has 7 heteroatoms. The first kappa shape index (κ1) is 16.6. The number of para-hydroxylation sites is 1. The molecule has 0 aliphatic rings. The second-order valence-electron chi connectivity index (χ2n) is 5.49. The Morgan fingerprint density at radius 1 is 1.16 bits per heavy atom. The number of tetrazole rings is 1. The third-order valence-corrected chi connectivity index (χ3v) is 3.78. The Hall–Kier alpha value is -3.22. The number of carbonyl (C=O) groups is 1. The van der Waals surface area contributed by atoms with Gasteiger partial charge in [0.1, 0.15) is 12.4 Å². The smallest absolute Gasteiger partial charge is 0.255 e. The van der Waals surface area contributed by atoms with E-state index in [1.54, 1.807) is 28.9 Å². The second-order valence-corrected chi connectivity index (χ2v) is 5.49. The Balaban J connectivity index is 1.62. The van der Waals surface area contributed by atoms with Crippen molar-refractivity contribution >= 4 is 11.6 Å². The van der Waals surface area contributed by atoms with Gasteiger partial charge in [0.05, 0.1) is 0 Å². The van der Waals surface area contributed by atoms with E-state index in [0.717, 1.165) is 11.3 Å². The van der Waals surface area contributed by atoms with E-state index in [-0.39, 0.29) is 12.5 Å². The van der Waals surface area contributed by atoms with Gasteiger partial charge in [-0.2, -0.15) is 0 Å². The van der Waals surface area contributed by atoms with Crippen LogP contribution in [-0.2, 0) is 13.2 Å². The van der Waals surface area contributed by atoms with Gasteiger partial charge in [0.15, 0.2) is 5.82 Å². The molecular formula is C18H19N5O2. The van der Waals surface area contributed by atoms with Gasteiger partial charge in [-0.1, -0.05) is 18.2 Å². The lowest BCUT2D eigenvalue weighted by atomic mass is 10.1. The fourth-order valence-electron chi connectivity index (χ4n) is 2.33. The number of hydrogen-bond donors (Lipinski definition) is 1. The van der Waals surface area contributed by atoms with E-state index in [9.17, 15) is 4.79 Å². The standard InChI is InChI=1S/C18H19N5O2/c1-3-23-17(20-21-22-23)12-25-15-10-8-14(9-11-15)18(24)19-16-7-5-4-6-13(16)2/h4-11H,3,12H2,1-2H3,(H,19,24). The van der Waals surface area contributed by atoms with Gasteiger partial charge in [-0.05, 0) is 60.2 Å². The number of amides is 1. The number of aromatic nitrogens is 4. The summed E-state index contributed by atoms with van der Waals surface area (Å²) in [5.74, 6) is 1.15. The number of nitrogens with zero attached hydrogens (tertiary/aromatic N) is 4. The molecule has 1 N–H and O–H groups in total. The fraction of sp³-hybridized carbons (Fsp3) is 0.222. The molecule has 0 aliphatic heterocycles. The van der Waals surface area contributed by atoms with Crippen molar-refractivity contribution in [1.82, 2.24) is 20.2 Å². The van der Waals surface area contributed by atoms with Crippen LogP contribution in [0.3, 0.4) is 0 Å². The van der Waals surface area contributed by atoms with Crippen molar-refractivity contribution in [1.29, 1.82) is 0 Å². The molecule has 1 aromatic heterocycles.